The minimum absolute atomic E-state index is 0.00911. The summed E-state index contributed by atoms with van der Waals surface area (Å²) in [5, 5.41) is 3.64. The van der Waals surface area contributed by atoms with Gasteiger partial charge in [0.05, 0.1) is 13.2 Å². The van der Waals surface area contributed by atoms with Gasteiger partial charge in [0.25, 0.3) is 0 Å². The molecule has 132 valence electrons. The Kier molecular flexibility index (Phi) is 4.23. The molecular weight excluding hydrogens is 302 g/mol. The van der Waals surface area contributed by atoms with Crippen LogP contribution in [-0.2, 0) is 9.53 Å². The van der Waals surface area contributed by atoms with E-state index in [1.807, 2.05) is 6.21 Å². The van der Waals surface area contributed by atoms with Crippen molar-refractivity contribution in [3.8, 4) is 0 Å². The summed E-state index contributed by atoms with van der Waals surface area (Å²) in [5.74, 6) is 2.58. The Bertz CT molecular complexity index is 510. The number of aliphatic imine (C=N–C) groups is 2. The zero-order valence-corrected chi connectivity index (χ0v) is 14.8. The SMILES string of the molecule is COC(=O)[C@@H](C[C@H]1C=NC=N1)N[C@H](C)C12CC3CC(CC(C3)C1)C2. The number of hydrogen-bond donors (Lipinski definition) is 1. The van der Waals surface area contributed by atoms with Gasteiger partial charge in [-0.15, -0.1) is 0 Å². The van der Waals surface area contributed by atoms with E-state index in [4.69, 9.17) is 4.74 Å². The van der Waals surface area contributed by atoms with Crippen LogP contribution in [-0.4, -0.2) is 43.8 Å². The molecule has 5 heteroatoms. The molecule has 4 saturated carbocycles. The smallest absolute Gasteiger partial charge is 0.322 e. The minimum atomic E-state index is -0.301. The van der Waals surface area contributed by atoms with Crippen molar-refractivity contribution in [2.24, 2.45) is 33.2 Å². The topological polar surface area (TPSA) is 63.0 Å². The maximum Gasteiger partial charge on any atom is 0.322 e. The molecule has 1 aliphatic heterocycles. The van der Waals surface area contributed by atoms with Gasteiger partial charge < -0.3 is 10.1 Å². The lowest BCUT2D eigenvalue weighted by Crippen LogP contribution is -2.58. The first-order chi connectivity index (χ1) is 11.6. The molecule has 0 aromatic rings. The molecule has 0 radical (unpaired) electrons. The summed E-state index contributed by atoms with van der Waals surface area (Å²) >= 11 is 0. The van der Waals surface area contributed by atoms with Gasteiger partial charge in [-0.2, -0.15) is 0 Å². The summed E-state index contributed by atoms with van der Waals surface area (Å²) in [6, 6.07) is 0.0344. The predicted octanol–water partition coefficient (Wildman–Crippen LogP) is 2.59. The van der Waals surface area contributed by atoms with Crippen molar-refractivity contribution < 1.29 is 9.53 Å². The van der Waals surface area contributed by atoms with Gasteiger partial charge in [-0.05, 0) is 68.6 Å². The number of nitrogens with zero attached hydrogens (tertiary/aromatic N) is 2. The van der Waals surface area contributed by atoms with Crippen LogP contribution in [0.15, 0.2) is 9.98 Å². The normalized spacial score (nSPS) is 41.6. The Morgan fingerprint density at radius 3 is 2.38 bits per heavy atom. The first-order valence-electron chi connectivity index (χ1n) is 9.47. The summed E-state index contributed by atoms with van der Waals surface area (Å²) in [4.78, 5) is 20.6. The fourth-order valence-corrected chi connectivity index (χ4v) is 6.22. The zero-order chi connectivity index (χ0) is 16.7. The first-order valence-corrected chi connectivity index (χ1v) is 9.47. The highest BCUT2D eigenvalue weighted by Crippen LogP contribution is 2.61. The van der Waals surface area contributed by atoms with Crippen LogP contribution in [0.4, 0.5) is 0 Å². The predicted molar refractivity (Wildman–Crippen MR) is 94.4 cm³/mol. The molecule has 0 amide bonds. The van der Waals surface area contributed by atoms with Crippen molar-refractivity contribution in [3.63, 3.8) is 0 Å². The van der Waals surface area contributed by atoms with E-state index in [2.05, 4.69) is 22.2 Å². The molecule has 3 atom stereocenters. The highest BCUT2D eigenvalue weighted by molar-refractivity contribution is 5.83. The molecule has 0 spiro atoms. The number of methoxy groups -OCH3 is 1. The van der Waals surface area contributed by atoms with Gasteiger partial charge in [0, 0.05) is 18.7 Å². The van der Waals surface area contributed by atoms with Crippen molar-refractivity contribution in [1.29, 1.82) is 0 Å². The van der Waals surface area contributed by atoms with Crippen molar-refractivity contribution in [2.45, 2.75) is 70.0 Å². The minimum Gasteiger partial charge on any atom is -0.468 e. The monoisotopic (exact) mass is 331 g/mol. The van der Waals surface area contributed by atoms with E-state index in [1.54, 1.807) is 6.34 Å². The second kappa shape index (κ2) is 6.25. The molecule has 0 aromatic carbocycles. The molecular formula is C19H29N3O2. The van der Waals surface area contributed by atoms with Crippen molar-refractivity contribution in [3.05, 3.63) is 0 Å². The third-order valence-corrected chi connectivity index (χ3v) is 7.00. The van der Waals surface area contributed by atoms with Gasteiger partial charge in [0.2, 0.25) is 0 Å². The highest BCUT2D eigenvalue weighted by atomic mass is 16.5. The van der Waals surface area contributed by atoms with E-state index in [9.17, 15) is 4.79 Å². The number of carbonyl (C=O) groups excluding carboxylic acids is 1. The maximum atomic E-state index is 12.3. The fraction of sp³-hybridized carbons (Fsp3) is 0.842. The number of ether oxygens (including phenoxy) is 1. The number of carbonyl (C=O) groups is 1. The third-order valence-electron chi connectivity index (χ3n) is 7.00. The molecule has 1 heterocycles. The lowest BCUT2D eigenvalue weighted by atomic mass is 9.48. The summed E-state index contributed by atoms with van der Waals surface area (Å²) in [7, 11) is 1.47. The summed E-state index contributed by atoms with van der Waals surface area (Å²) in [6.07, 6.45) is 12.4. The zero-order valence-electron chi connectivity index (χ0n) is 14.8. The fourth-order valence-electron chi connectivity index (χ4n) is 6.22. The first kappa shape index (κ1) is 16.2. The molecule has 0 aromatic heterocycles. The molecule has 4 aliphatic carbocycles. The maximum absolute atomic E-state index is 12.3. The molecule has 5 nitrogen and oxygen atoms in total. The molecule has 1 N–H and O–H groups in total. The van der Waals surface area contributed by atoms with Gasteiger partial charge in [0.15, 0.2) is 0 Å². The molecule has 5 aliphatic rings. The molecule has 24 heavy (non-hydrogen) atoms. The number of nitrogens with one attached hydrogen (secondary N) is 1. The molecule has 5 rings (SSSR count). The Hall–Kier alpha value is -1.23. The summed E-state index contributed by atoms with van der Waals surface area (Å²) in [5.41, 5.74) is 0.383. The van der Waals surface area contributed by atoms with Gasteiger partial charge in [-0.3, -0.25) is 9.79 Å². The van der Waals surface area contributed by atoms with Crippen LogP contribution in [0.25, 0.3) is 0 Å². The third kappa shape index (κ3) is 2.92. The molecule has 4 fully saturated rings. The Labute approximate surface area is 144 Å². The second-order valence-corrected chi connectivity index (χ2v) is 8.61. The van der Waals surface area contributed by atoms with Crippen LogP contribution in [0.3, 0.4) is 0 Å². The largest absolute Gasteiger partial charge is 0.468 e. The Morgan fingerprint density at radius 1 is 1.25 bits per heavy atom. The van der Waals surface area contributed by atoms with Crippen LogP contribution in [0, 0.1) is 23.2 Å². The lowest BCUT2D eigenvalue weighted by molar-refractivity contribution is -0.144. The van der Waals surface area contributed by atoms with Gasteiger partial charge in [0.1, 0.15) is 12.4 Å². The quantitative estimate of drug-likeness (QED) is 0.761. The number of hydrogen-bond acceptors (Lipinski definition) is 5. The van der Waals surface area contributed by atoms with Gasteiger partial charge in [-0.25, -0.2) is 4.99 Å². The summed E-state index contributed by atoms with van der Waals surface area (Å²) < 4.78 is 5.04. The van der Waals surface area contributed by atoms with Crippen LogP contribution in [0.5, 0.6) is 0 Å². The number of rotatable bonds is 6. The van der Waals surface area contributed by atoms with E-state index in [0.717, 1.165) is 17.8 Å². The average Bonchev–Trinajstić information content (AvgIpc) is 3.05. The standard InChI is InChI=1S/C19H29N3O2/c1-12(19-7-13-3-14(8-19)5-15(4-13)9-19)22-17(18(23)24-2)6-16-10-20-11-21-16/h10-17,22H,3-9H2,1-2H3/t12-,13?,14?,15?,16+,17-,19?/m1/s1. The number of esters is 1. The highest BCUT2D eigenvalue weighted by Gasteiger charge is 2.53. The van der Waals surface area contributed by atoms with Crippen molar-refractivity contribution >= 4 is 18.5 Å². The molecule has 0 unspecified atom stereocenters. The van der Waals surface area contributed by atoms with E-state index >= 15 is 0 Å². The second-order valence-electron chi connectivity index (χ2n) is 8.61. The van der Waals surface area contributed by atoms with Crippen LogP contribution >= 0.6 is 0 Å². The average molecular weight is 331 g/mol. The van der Waals surface area contributed by atoms with E-state index < -0.39 is 0 Å². The van der Waals surface area contributed by atoms with Crippen LogP contribution in [0.2, 0.25) is 0 Å². The van der Waals surface area contributed by atoms with Crippen LogP contribution in [0.1, 0.15) is 51.9 Å². The lowest BCUT2D eigenvalue weighted by Gasteiger charge is -2.59. The molecule has 4 bridgehead atoms. The van der Waals surface area contributed by atoms with Crippen molar-refractivity contribution in [1.82, 2.24) is 5.32 Å². The Morgan fingerprint density at radius 2 is 1.88 bits per heavy atom. The Balaban J connectivity index is 1.46. The van der Waals surface area contributed by atoms with E-state index in [0.29, 0.717) is 17.9 Å². The van der Waals surface area contributed by atoms with E-state index in [-0.39, 0.29) is 18.1 Å². The van der Waals surface area contributed by atoms with E-state index in [1.165, 1.54) is 45.6 Å². The summed E-state index contributed by atoms with van der Waals surface area (Å²) in [6.45, 7) is 2.29. The van der Waals surface area contributed by atoms with Crippen molar-refractivity contribution in [2.75, 3.05) is 7.11 Å². The molecule has 0 saturated heterocycles. The van der Waals surface area contributed by atoms with Gasteiger partial charge >= 0.3 is 5.97 Å². The van der Waals surface area contributed by atoms with Crippen LogP contribution < -0.4 is 5.32 Å². The van der Waals surface area contributed by atoms with Gasteiger partial charge in [-0.1, -0.05) is 0 Å².